The molecule has 0 heterocycles. The third kappa shape index (κ3) is 8.17. The highest BCUT2D eigenvalue weighted by Crippen LogP contribution is 2.25. The SMILES string of the molecule is Cc1ccc(S(=O)(=O)N(CC(=O)N(CCc2ccccc2)[C@H](C)C(=O)NCC(C)C)c2cccc(C)c2)cc1. The highest BCUT2D eigenvalue weighted by atomic mass is 32.2. The number of carbonyl (C=O) groups is 2. The summed E-state index contributed by atoms with van der Waals surface area (Å²) in [5.74, 6) is -0.463. The monoisotopic (exact) mass is 549 g/mol. The van der Waals surface area contributed by atoms with Crippen LogP contribution in [0.15, 0.2) is 83.8 Å². The second kappa shape index (κ2) is 13.4. The lowest BCUT2D eigenvalue weighted by Gasteiger charge is -2.32. The Balaban J connectivity index is 1.96. The summed E-state index contributed by atoms with van der Waals surface area (Å²) in [4.78, 5) is 28.5. The fourth-order valence-electron chi connectivity index (χ4n) is 4.17. The highest BCUT2D eigenvalue weighted by molar-refractivity contribution is 7.92. The molecule has 3 aromatic rings. The molecule has 0 fully saturated rings. The van der Waals surface area contributed by atoms with E-state index in [1.807, 2.05) is 64.1 Å². The van der Waals surface area contributed by atoms with Gasteiger partial charge in [0.25, 0.3) is 10.0 Å². The molecule has 7 nitrogen and oxygen atoms in total. The zero-order chi connectivity index (χ0) is 28.6. The molecule has 0 spiro atoms. The van der Waals surface area contributed by atoms with E-state index >= 15 is 0 Å². The van der Waals surface area contributed by atoms with Gasteiger partial charge in [-0.25, -0.2) is 8.42 Å². The van der Waals surface area contributed by atoms with Gasteiger partial charge >= 0.3 is 0 Å². The summed E-state index contributed by atoms with van der Waals surface area (Å²) < 4.78 is 28.8. The largest absolute Gasteiger partial charge is 0.354 e. The molecule has 0 aliphatic rings. The quantitative estimate of drug-likeness (QED) is 0.354. The van der Waals surface area contributed by atoms with Crippen LogP contribution < -0.4 is 9.62 Å². The second-order valence-electron chi connectivity index (χ2n) is 10.3. The molecule has 2 amide bonds. The molecular formula is C31H39N3O4S. The van der Waals surface area contributed by atoms with Crippen LogP contribution in [0.2, 0.25) is 0 Å². The number of hydrogen-bond acceptors (Lipinski definition) is 4. The summed E-state index contributed by atoms with van der Waals surface area (Å²) >= 11 is 0. The van der Waals surface area contributed by atoms with E-state index in [4.69, 9.17) is 0 Å². The average molecular weight is 550 g/mol. The van der Waals surface area contributed by atoms with Gasteiger partial charge < -0.3 is 10.2 Å². The molecule has 208 valence electrons. The van der Waals surface area contributed by atoms with Crippen molar-refractivity contribution in [3.05, 3.63) is 95.6 Å². The van der Waals surface area contributed by atoms with Crippen LogP contribution in [0, 0.1) is 19.8 Å². The molecule has 0 aromatic heterocycles. The van der Waals surface area contributed by atoms with E-state index in [2.05, 4.69) is 5.32 Å². The Morgan fingerprint density at radius 1 is 0.846 bits per heavy atom. The summed E-state index contributed by atoms with van der Waals surface area (Å²) in [5, 5.41) is 2.90. The fraction of sp³-hybridized carbons (Fsp3) is 0.355. The lowest BCUT2D eigenvalue weighted by molar-refractivity contribution is -0.138. The predicted octanol–water partition coefficient (Wildman–Crippen LogP) is 4.73. The van der Waals surface area contributed by atoms with Crippen molar-refractivity contribution in [1.29, 1.82) is 0 Å². The molecule has 1 atom stereocenters. The molecule has 3 aromatic carbocycles. The van der Waals surface area contributed by atoms with Gasteiger partial charge in [-0.2, -0.15) is 0 Å². The van der Waals surface area contributed by atoms with E-state index in [1.165, 1.54) is 4.90 Å². The molecular weight excluding hydrogens is 510 g/mol. The minimum Gasteiger partial charge on any atom is -0.354 e. The molecule has 0 aliphatic carbocycles. The standard InChI is InChI=1S/C31H39N3O4S/c1-23(2)21-32-31(36)26(5)33(19-18-27-11-7-6-8-12-27)30(35)22-34(28-13-9-10-25(4)20-28)39(37,38)29-16-14-24(3)15-17-29/h6-17,20,23,26H,18-19,21-22H2,1-5H3,(H,32,36)/t26-/m1/s1. The first kappa shape index (κ1) is 29.9. The molecule has 3 rings (SSSR count). The number of anilines is 1. The van der Waals surface area contributed by atoms with Gasteiger partial charge in [0, 0.05) is 13.1 Å². The van der Waals surface area contributed by atoms with Crippen molar-refractivity contribution in [1.82, 2.24) is 10.2 Å². The van der Waals surface area contributed by atoms with E-state index in [-0.39, 0.29) is 23.3 Å². The van der Waals surface area contributed by atoms with Crippen molar-refractivity contribution >= 4 is 27.5 Å². The van der Waals surface area contributed by atoms with Gasteiger partial charge in [0.1, 0.15) is 12.6 Å². The molecule has 1 N–H and O–H groups in total. The average Bonchev–Trinajstić information content (AvgIpc) is 2.91. The number of rotatable bonds is 12. The Hall–Kier alpha value is -3.65. The number of amides is 2. The molecule has 0 bridgehead atoms. The number of nitrogens with one attached hydrogen (secondary N) is 1. The van der Waals surface area contributed by atoms with E-state index in [0.717, 1.165) is 21.0 Å². The van der Waals surface area contributed by atoms with Crippen molar-refractivity contribution in [3.8, 4) is 0 Å². The zero-order valence-corrected chi connectivity index (χ0v) is 24.2. The van der Waals surface area contributed by atoms with Crippen molar-refractivity contribution < 1.29 is 18.0 Å². The number of carbonyl (C=O) groups excluding carboxylic acids is 2. The summed E-state index contributed by atoms with van der Waals surface area (Å²) in [7, 11) is -4.07. The minimum absolute atomic E-state index is 0.0981. The van der Waals surface area contributed by atoms with Crippen LogP contribution in [0.4, 0.5) is 5.69 Å². The van der Waals surface area contributed by atoms with Gasteiger partial charge in [-0.15, -0.1) is 0 Å². The lowest BCUT2D eigenvalue weighted by atomic mass is 10.1. The normalized spacial score (nSPS) is 12.2. The van der Waals surface area contributed by atoms with E-state index in [0.29, 0.717) is 18.7 Å². The molecule has 0 unspecified atom stereocenters. The van der Waals surface area contributed by atoms with Crippen molar-refractivity contribution in [3.63, 3.8) is 0 Å². The second-order valence-corrected chi connectivity index (χ2v) is 12.2. The summed E-state index contributed by atoms with van der Waals surface area (Å²) in [5.41, 5.74) is 3.21. The highest BCUT2D eigenvalue weighted by Gasteiger charge is 2.32. The number of aryl methyl sites for hydroxylation is 2. The lowest BCUT2D eigenvalue weighted by Crippen LogP contribution is -2.52. The van der Waals surface area contributed by atoms with Gasteiger partial charge in [0.2, 0.25) is 11.8 Å². The number of hydrogen-bond donors (Lipinski definition) is 1. The maximum atomic E-state index is 13.9. The molecule has 0 aliphatic heterocycles. The predicted molar refractivity (Wildman–Crippen MR) is 156 cm³/mol. The van der Waals surface area contributed by atoms with Crippen LogP contribution in [0.3, 0.4) is 0 Å². The summed E-state index contributed by atoms with van der Waals surface area (Å²) in [6.45, 7) is 9.76. The van der Waals surface area contributed by atoms with Gasteiger partial charge in [-0.05, 0) is 68.5 Å². The van der Waals surface area contributed by atoms with Crippen molar-refractivity contribution in [2.45, 2.75) is 52.0 Å². The van der Waals surface area contributed by atoms with Crippen LogP contribution in [-0.2, 0) is 26.0 Å². The van der Waals surface area contributed by atoms with Crippen LogP contribution in [0.5, 0.6) is 0 Å². The third-order valence-electron chi connectivity index (χ3n) is 6.51. The van der Waals surface area contributed by atoms with Crippen LogP contribution in [-0.4, -0.2) is 50.8 Å². The maximum absolute atomic E-state index is 13.9. The number of sulfonamides is 1. The van der Waals surface area contributed by atoms with E-state index < -0.39 is 28.5 Å². The first-order valence-corrected chi connectivity index (χ1v) is 14.7. The summed E-state index contributed by atoms with van der Waals surface area (Å²) in [6.07, 6.45) is 0.531. The first-order valence-electron chi connectivity index (χ1n) is 13.3. The van der Waals surface area contributed by atoms with Gasteiger partial charge in [0.05, 0.1) is 10.6 Å². The van der Waals surface area contributed by atoms with Crippen LogP contribution >= 0.6 is 0 Å². The molecule has 0 radical (unpaired) electrons. The number of nitrogens with zero attached hydrogens (tertiary/aromatic N) is 2. The zero-order valence-electron chi connectivity index (χ0n) is 23.4. The Morgan fingerprint density at radius 3 is 2.13 bits per heavy atom. The fourth-order valence-corrected chi connectivity index (χ4v) is 5.58. The summed E-state index contributed by atoms with van der Waals surface area (Å²) in [6, 6.07) is 22.5. The molecule has 8 heteroatoms. The Morgan fingerprint density at radius 2 is 1.51 bits per heavy atom. The van der Waals surface area contributed by atoms with E-state index in [1.54, 1.807) is 49.4 Å². The van der Waals surface area contributed by atoms with Crippen LogP contribution in [0.25, 0.3) is 0 Å². The molecule has 0 saturated carbocycles. The van der Waals surface area contributed by atoms with Crippen LogP contribution in [0.1, 0.15) is 37.5 Å². The Kier molecular flexibility index (Phi) is 10.3. The minimum atomic E-state index is -4.07. The van der Waals surface area contributed by atoms with E-state index in [9.17, 15) is 18.0 Å². The molecule has 0 saturated heterocycles. The first-order chi connectivity index (χ1) is 18.5. The topological polar surface area (TPSA) is 86.8 Å². The molecule has 39 heavy (non-hydrogen) atoms. The van der Waals surface area contributed by atoms with Gasteiger partial charge in [-0.1, -0.05) is 74.0 Å². The third-order valence-corrected chi connectivity index (χ3v) is 8.30. The van der Waals surface area contributed by atoms with Crippen molar-refractivity contribution in [2.24, 2.45) is 5.92 Å². The number of benzene rings is 3. The smallest absolute Gasteiger partial charge is 0.264 e. The van der Waals surface area contributed by atoms with Gasteiger partial charge in [0.15, 0.2) is 0 Å². The van der Waals surface area contributed by atoms with Crippen molar-refractivity contribution in [2.75, 3.05) is 23.9 Å². The Labute approximate surface area is 232 Å². The van der Waals surface area contributed by atoms with Gasteiger partial charge in [-0.3, -0.25) is 13.9 Å². The Bertz CT molecular complexity index is 1360. The maximum Gasteiger partial charge on any atom is 0.264 e.